The number of rotatable bonds is 6. The van der Waals surface area contributed by atoms with E-state index >= 15 is 0 Å². The number of Topliss-reactive ketones (excluding diaryl/α,β-unsaturated/α-hetero) is 1. The highest BCUT2D eigenvalue weighted by Gasteiger charge is 2.47. The lowest BCUT2D eigenvalue weighted by atomic mass is 9.95. The number of nitrogens with zero attached hydrogens (tertiary/aromatic N) is 4. The minimum atomic E-state index is -1.04. The molecular formula is C25H25FN4O3. The topological polar surface area (TPSA) is 78.7 Å². The van der Waals surface area contributed by atoms with Gasteiger partial charge in [0.15, 0.2) is 0 Å². The van der Waals surface area contributed by atoms with Gasteiger partial charge in [-0.3, -0.25) is 9.59 Å². The second-order valence-electron chi connectivity index (χ2n) is 8.21. The largest absolute Gasteiger partial charge is 0.507 e. The summed E-state index contributed by atoms with van der Waals surface area (Å²) in [5, 5.41) is 15.6. The molecule has 33 heavy (non-hydrogen) atoms. The monoisotopic (exact) mass is 448 g/mol. The maximum Gasteiger partial charge on any atom is 0.295 e. The molecule has 1 aliphatic heterocycles. The van der Waals surface area contributed by atoms with Crippen LogP contribution in [0.15, 0.2) is 66.4 Å². The molecule has 7 nitrogen and oxygen atoms in total. The SMILES string of the molecule is Cc1c(/C(O)=C2\C(=O)C(=O)N(CCN(C)C)C2c2ccccc2F)cnn1-c1ccccc1. The van der Waals surface area contributed by atoms with Gasteiger partial charge in [-0.1, -0.05) is 36.4 Å². The smallest absolute Gasteiger partial charge is 0.295 e. The van der Waals surface area contributed by atoms with Crippen molar-refractivity contribution in [2.75, 3.05) is 27.2 Å². The van der Waals surface area contributed by atoms with Crippen LogP contribution in [0.25, 0.3) is 11.4 Å². The molecule has 1 unspecified atom stereocenters. The number of aliphatic hydroxyl groups excluding tert-OH is 1. The van der Waals surface area contributed by atoms with Crippen LogP contribution < -0.4 is 0 Å². The van der Waals surface area contributed by atoms with E-state index in [2.05, 4.69) is 5.10 Å². The molecule has 1 aromatic heterocycles. The fourth-order valence-electron chi connectivity index (χ4n) is 4.06. The zero-order valence-corrected chi connectivity index (χ0v) is 18.7. The molecule has 0 saturated carbocycles. The fourth-order valence-corrected chi connectivity index (χ4v) is 4.06. The van der Waals surface area contributed by atoms with Crippen molar-refractivity contribution in [2.24, 2.45) is 0 Å². The molecule has 1 amide bonds. The third-order valence-corrected chi connectivity index (χ3v) is 5.79. The molecule has 170 valence electrons. The number of benzene rings is 2. The van der Waals surface area contributed by atoms with Crippen molar-refractivity contribution in [2.45, 2.75) is 13.0 Å². The lowest BCUT2D eigenvalue weighted by Gasteiger charge is -2.26. The summed E-state index contributed by atoms with van der Waals surface area (Å²) in [6, 6.07) is 14.3. The number of hydrogen-bond donors (Lipinski definition) is 1. The second kappa shape index (κ2) is 8.99. The van der Waals surface area contributed by atoms with Crippen molar-refractivity contribution in [1.29, 1.82) is 0 Å². The van der Waals surface area contributed by atoms with Crippen molar-refractivity contribution in [3.8, 4) is 5.69 Å². The maximum atomic E-state index is 14.8. The Labute approximate surface area is 191 Å². The molecule has 8 heteroatoms. The number of carbonyl (C=O) groups is 2. The highest BCUT2D eigenvalue weighted by Crippen LogP contribution is 2.40. The summed E-state index contributed by atoms with van der Waals surface area (Å²) in [6.07, 6.45) is 1.45. The average Bonchev–Trinajstić information content (AvgIpc) is 3.30. The molecule has 1 atom stereocenters. The summed E-state index contributed by atoms with van der Waals surface area (Å²) in [4.78, 5) is 29.2. The van der Waals surface area contributed by atoms with Gasteiger partial charge in [0.1, 0.15) is 11.6 Å². The quantitative estimate of drug-likeness (QED) is 0.356. The molecule has 2 heterocycles. The number of amides is 1. The van der Waals surface area contributed by atoms with Crippen LogP contribution in [-0.4, -0.2) is 63.6 Å². The van der Waals surface area contributed by atoms with Gasteiger partial charge in [0.25, 0.3) is 11.7 Å². The Morgan fingerprint density at radius 3 is 2.42 bits per heavy atom. The van der Waals surface area contributed by atoms with Gasteiger partial charge in [0.2, 0.25) is 0 Å². The van der Waals surface area contributed by atoms with E-state index in [-0.39, 0.29) is 23.4 Å². The van der Waals surface area contributed by atoms with Crippen LogP contribution in [0.1, 0.15) is 22.9 Å². The van der Waals surface area contributed by atoms with E-state index in [0.717, 1.165) is 5.69 Å². The number of aromatic nitrogens is 2. The second-order valence-corrected chi connectivity index (χ2v) is 8.21. The Balaban J connectivity index is 1.86. The minimum Gasteiger partial charge on any atom is -0.507 e. The summed E-state index contributed by atoms with van der Waals surface area (Å²) < 4.78 is 16.5. The summed E-state index contributed by atoms with van der Waals surface area (Å²) >= 11 is 0. The van der Waals surface area contributed by atoms with E-state index in [1.54, 1.807) is 23.7 Å². The molecule has 0 aliphatic carbocycles. The van der Waals surface area contributed by atoms with Crippen LogP contribution >= 0.6 is 0 Å². The minimum absolute atomic E-state index is 0.139. The summed E-state index contributed by atoms with van der Waals surface area (Å²) in [7, 11) is 3.69. The van der Waals surface area contributed by atoms with Crippen LogP contribution in [-0.2, 0) is 9.59 Å². The molecule has 0 spiro atoms. The van der Waals surface area contributed by atoms with Crippen LogP contribution in [0.5, 0.6) is 0 Å². The molecule has 0 radical (unpaired) electrons. The first-order valence-electron chi connectivity index (χ1n) is 10.6. The average molecular weight is 448 g/mol. The van der Waals surface area contributed by atoms with E-state index in [1.165, 1.54) is 23.2 Å². The predicted molar refractivity (Wildman–Crippen MR) is 122 cm³/mol. The molecule has 1 saturated heterocycles. The van der Waals surface area contributed by atoms with E-state index in [9.17, 15) is 19.1 Å². The van der Waals surface area contributed by atoms with E-state index in [0.29, 0.717) is 17.8 Å². The zero-order chi connectivity index (χ0) is 23.7. The third-order valence-electron chi connectivity index (χ3n) is 5.79. The molecule has 1 fully saturated rings. The van der Waals surface area contributed by atoms with Gasteiger partial charge in [-0.05, 0) is 39.2 Å². The standard InChI is InChI=1S/C25H25FN4O3/c1-16-19(15-27-30(16)17-9-5-4-6-10-17)23(31)21-22(18-11-7-8-12-20(18)26)29(14-13-28(2)3)25(33)24(21)32/h4-12,15,22,31H,13-14H2,1-3H3/b23-21+. The summed E-state index contributed by atoms with van der Waals surface area (Å²) in [5.74, 6) is -2.53. The lowest BCUT2D eigenvalue weighted by molar-refractivity contribution is -0.140. The first kappa shape index (κ1) is 22.4. The molecular weight excluding hydrogens is 423 g/mol. The molecule has 1 aliphatic rings. The number of likely N-dealkylation sites (tertiary alicyclic amines) is 1. The van der Waals surface area contributed by atoms with Crippen molar-refractivity contribution in [1.82, 2.24) is 19.6 Å². The van der Waals surface area contributed by atoms with E-state index < -0.39 is 23.5 Å². The fraction of sp³-hybridized carbons (Fsp3) is 0.240. The van der Waals surface area contributed by atoms with Crippen molar-refractivity contribution in [3.63, 3.8) is 0 Å². The lowest BCUT2D eigenvalue weighted by Crippen LogP contribution is -2.35. The van der Waals surface area contributed by atoms with Crippen molar-refractivity contribution < 1.29 is 19.1 Å². The van der Waals surface area contributed by atoms with Crippen LogP contribution in [0, 0.1) is 12.7 Å². The van der Waals surface area contributed by atoms with Crippen molar-refractivity contribution in [3.05, 3.63) is 89.0 Å². The Bertz CT molecular complexity index is 1230. The maximum absolute atomic E-state index is 14.8. The van der Waals surface area contributed by atoms with E-state index in [1.807, 2.05) is 49.3 Å². The van der Waals surface area contributed by atoms with E-state index in [4.69, 9.17) is 0 Å². The number of hydrogen-bond acceptors (Lipinski definition) is 5. The Morgan fingerprint density at radius 1 is 1.09 bits per heavy atom. The van der Waals surface area contributed by atoms with Crippen molar-refractivity contribution >= 4 is 17.4 Å². The third kappa shape index (κ3) is 4.05. The number of likely N-dealkylation sites (N-methyl/N-ethyl adjacent to an activating group) is 1. The first-order chi connectivity index (χ1) is 15.8. The number of carbonyl (C=O) groups excluding carboxylic acids is 2. The highest BCUT2D eigenvalue weighted by atomic mass is 19.1. The van der Waals surface area contributed by atoms with Gasteiger partial charge in [0, 0.05) is 18.7 Å². The van der Waals surface area contributed by atoms with Gasteiger partial charge >= 0.3 is 0 Å². The van der Waals surface area contributed by atoms with Gasteiger partial charge in [0.05, 0.1) is 34.8 Å². The van der Waals surface area contributed by atoms with Crippen LogP contribution in [0.4, 0.5) is 4.39 Å². The van der Waals surface area contributed by atoms with Gasteiger partial charge < -0.3 is 14.9 Å². The molecule has 2 aromatic carbocycles. The number of para-hydroxylation sites is 1. The normalized spacial score (nSPS) is 17.8. The first-order valence-corrected chi connectivity index (χ1v) is 10.6. The zero-order valence-electron chi connectivity index (χ0n) is 18.7. The van der Waals surface area contributed by atoms with Gasteiger partial charge in [-0.25, -0.2) is 9.07 Å². The van der Waals surface area contributed by atoms with Gasteiger partial charge in [-0.2, -0.15) is 5.10 Å². The Hall–Kier alpha value is -3.78. The van der Waals surface area contributed by atoms with Crippen LogP contribution in [0.3, 0.4) is 0 Å². The van der Waals surface area contributed by atoms with Crippen LogP contribution in [0.2, 0.25) is 0 Å². The number of aliphatic hydroxyl groups is 1. The molecule has 0 bridgehead atoms. The molecule has 3 aromatic rings. The summed E-state index contributed by atoms with van der Waals surface area (Å²) in [6.45, 7) is 2.44. The Kier molecular flexibility index (Phi) is 6.11. The number of ketones is 1. The number of halogens is 1. The van der Waals surface area contributed by atoms with Gasteiger partial charge in [-0.15, -0.1) is 0 Å². The molecule has 1 N–H and O–H groups in total. The molecule has 4 rings (SSSR count). The highest BCUT2D eigenvalue weighted by molar-refractivity contribution is 6.46. The summed E-state index contributed by atoms with van der Waals surface area (Å²) in [5.41, 5.74) is 1.70. The Morgan fingerprint density at radius 2 is 1.76 bits per heavy atom. The predicted octanol–water partition coefficient (Wildman–Crippen LogP) is 3.30.